The number of carboxylic acid groups (broad SMARTS) is 1. The molecule has 0 bridgehead atoms. The van der Waals surface area contributed by atoms with Gasteiger partial charge in [-0.25, -0.2) is 4.79 Å². The molecule has 0 fully saturated rings. The van der Waals surface area contributed by atoms with E-state index in [2.05, 4.69) is 15.4 Å². The van der Waals surface area contributed by atoms with E-state index in [1.165, 1.54) is 6.92 Å². The third-order valence-corrected chi connectivity index (χ3v) is 2.82. The quantitative estimate of drug-likeness (QED) is 0.643. The van der Waals surface area contributed by atoms with Crippen molar-refractivity contribution in [2.45, 2.75) is 19.4 Å². The van der Waals surface area contributed by atoms with Gasteiger partial charge in [-0.3, -0.25) is 14.4 Å². The molecule has 8 heteroatoms. The van der Waals surface area contributed by atoms with Gasteiger partial charge in [-0.2, -0.15) is 0 Å². The van der Waals surface area contributed by atoms with Crippen molar-refractivity contribution >= 4 is 23.8 Å². The van der Waals surface area contributed by atoms with E-state index in [0.29, 0.717) is 5.56 Å². The average Bonchev–Trinajstić information content (AvgIpc) is 2.52. The second-order valence-corrected chi connectivity index (χ2v) is 4.66. The molecular weight excluding hydrogens is 304 g/mol. The van der Waals surface area contributed by atoms with Gasteiger partial charge >= 0.3 is 12.1 Å². The van der Waals surface area contributed by atoms with E-state index in [1.54, 1.807) is 30.3 Å². The number of Topliss-reactive ketones (excluding diaryl/α,β-unsaturated/α-hetero) is 1. The Morgan fingerprint density at radius 3 is 2.43 bits per heavy atom. The summed E-state index contributed by atoms with van der Waals surface area (Å²) in [4.78, 5) is 45.2. The Hall–Kier alpha value is -2.90. The lowest BCUT2D eigenvalue weighted by atomic mass is 10.1. The first-order valence-corrected chi connectivity index (χ1v) is 6.91. The third-order valence-electron chi connectivity index (χ3n) is 2.82. The van der Waals surface area contributed by atoms with Crippen molar-refractivity contribution in [3.05, 3.63) is 35.9 Å². The molecule has 23 heavy (non-hydrogen) atoms. The lowest BCUT2D eigenvalue weighted by Crippen LogP contribution is -2.43. The number of hydrogen-bond donors (Lipinski definition) is 3. The number of amides is 2. The molecule has 0 aliphatic carbocycles. The monoisotopic (exact) mass is 322 g/mol. The van der Waals surface area contributed by atoms with Crippen LogP contribution in [-0.4, -0.2) is 48.1 Å². The fraction of sp³-hybridized carbons (Fsp3) is 0.333. The molecule has 0 aliphatic rings. The van der Waals surface area contributed by atoms with Gasteiger partial charge in [0.25, 0.3) is 5.91 Å². The Balaban J connectivity index is 2.32. The van der Waals surface area contributed by atoms with Gasteiger partial charge in [-0.05, 0) is 19.1 Å². The molecule has 0 saturated carbocycles. The zero-order chi connectivity index (χ0) is 17.2. The topological polar surface area (TPSA) is 122 Å². The van der Waals surface area contributed by atoms with Crippen LogP contribution in [0.25, 0.3) is 0 Å². The zero-order valence-corrected chi connectivity index (χ0v) is 12.6. The van der Waals surface area contributed by atoms with E-state index >= 15 is 0 Å². The van der Waals surface area contributed by atoms with Crippen molar-refractivity contribution in [2.75, 3.05) is 13.2 Å². The summed E-state index contributed by atoms with van der Waals surface area (Å²) < 4.78 is 4.56. The number of aliphatic carboxylic acids is 1. The standard InChI is InChI=1S/C15H18N2O6/c1-10(17-14(21)11-5-3-2-4-6-11)12(18)9-16-15(22)23-8-7-13(19)20/h2-6,10H,7-9H2,1H3,(H,16,22)(H,17,21)(H,19,20). The molecule has 1 aromatic rings. The normalized spacial score (nSPS) is 11.2. The van der Waals surface area contributed by atoms with Crippen molar-refractivity contribution < 1.29 is 29.0 Å². The molecule has 8 nitrogen and oxygen atoms in total. The number of rotatable bonds is 8. The van der Waals surface area contributed by atoms with Crippen LogP contribution in [0.5, 0.6) is 0 Å². The van der Waals surface area contributed by atoms with E-state index in [1.807, 2.05) is 0 Å². The summed E-state index contributed by atoms with van der Waals surface area (Å²) in [6.45, 7) is 0.887. The fourth-order valence-electron chi connectivity index (χ4n) is 1.54. The van der Waals surface area contributed by atoms with Crippen LogP contribution in [0.3, 0.4) is 0 Å². The van der Waals surface area contributed by atoms with Crippen LogP contribution in [0.2, 0.25) is 0 Å². The predicted molar refractivity (Wildman–Crippen MR) is 80.0 cm³/mol. The van der Waals surface area contributed by atoms with Crippen LogP contribution in [0.15, 0.2) is 30.3 Å². The molecule has 0 aliphatic heterocycles. The Kier molecular flexibility index (Phi) is 7.25. The minimum Gasteiger partial charge on any atom is -0.481 e. The summed E-state index contributed by atoms with van der Waals surface area (Å²) in [6.07, 6.45) is -1.20. The molecule has 1 atom stereocenters. The molecular formula is C15H18N2O6. The molecule has 0 spiro atoms. The van der Waals surface area contributed by atoms with Gasteiger partial charge < -0.3 is 20.5 Å². The molecule has 0 aromatic heterocycles. The van der Waals surface area contributed by atoms with Gasteiger partial charge in [-0.1, -0.05) is 18.2 Å². The molecule has 0 radical (unpaired) electrons. The molecule has 0 heterocycles. The number of ether oxygens (including phenoxy) is 1. The summed E-state index contributed by atoms with van der Waals surface area (Å²) in [5.41, 5.74) is 0.424. The molecule has 2 amide bonds. The SMILES string of the molecule is CC(NC(=O)c1ccccc1)C(=O)CNC(=O)OCCC(=O)O. The van der Waals surface area contributed by atoms with E-state index in [-0.39, 0.29) is 19.6 Å². The first-order chi connectivity index (χ1) is 10.9. The second kappa shape index (κ2) is 9.19. The van der Waals surface area contributed by atoms with Gasteiger partial charge in [-0.15, -0.1) is 0 Å². The molecule has 0 saturated heterocycles. The van der Waals surface area contributed by atoms with Crippen LogP contribution in [0.4, 0.5) is 4.79 Å². The van der Waals surface area contributed by atoms with Crippen LogP contribution < -0.4 is 10.6 Å². The summed E-state index contributed by atoms with van der Waals surface area (Å²) in [7, 11) is 0. The Labute approximate surface area is 132 Å². The van der Waals surface area contributed by atoms with E-state index in [4.69, 9.17) is 5.11 Å². The minimum absolute atomic E-state index is 0.282. The maximum atomic E-state index is 11.9. The second-order valence-electron chi connectivity index (χ2n) is 4.66. The first kappa shape index (κ1) is 18.1. The van der Waals surface area contributed by atoms with Crippen LogP contribution in [0.1, 0.15) is 23.7 Å². The number of benzene rings is 1. The fourth-order valence-corrected chi connectivity index (χ4v) is 1.54. The zero-order valence-electron chi connectivity index (χ0n) is 12.6. The van der Waals surface area contributed by atoms with Crippen molar-refractivity contribution in [3.8, 4) is 0 Å². The summed E-state index contributed by atoms with van der Waals surface area (Å²) in [5.74, 6) is -1.90. The number of ketones is 1. The van der Waals surface area contributed by atoms with Gasteiger partial charge in [0.15, 0.2) is 5.78 Å². The van der Waals surface area contributed by atoms with Crippen molar-refractivity contribution in [3.63, 3.8) is 0 Å². The highest BCUT2D eigenvalue weighted by atomic mass is 16.5. The van der Waals surface area contributed by atoms with Gasteiger partial charge in [0.05, 0.1) is 19.0 Å². The molecule has 124 valence electrons. The number of carbonyl (C=O) groups excluding carboxylic acids is 3. The summed E-state index contributed by atoms with van der Waals surface area (Å²) in [5, 5.41) is 13.1. The number of carboxylic acids is 1. The molecule has 1 rings (SSSR count). The van der Waals surface area contributed by atoms with E-state index in [9.17, 15) is 19.2 Å². The van der Waals surface area contributed by atoms with Gasteiger partial charge in [0.2, 0.25) is 0 Å². The number of alkyl carbamates (subject to hydrolysis) is 1. The molecule has 3 N–H and O–H groups in total. The highest BCUT2D eigenvalue weighted by molar-refractivity contribution is 5.98. The Morgan fingerprint density at radius 2 is 1.83 bits per heavy atom. The number of carbonyl (C=O) groups is 4. The summed E-state index contributed by atoms with van der Waals surface area (Å²) in [6, 6.07) is 7.62. The lowest BCUT2D eigenvalue weighted by Gasteiger charge is -2.13. The largest absolute Gasteiger partial charge is 0.481 e. The number of nitrogens with one attached hydrogen (secondary N) is 2. The molecule has 1 aromatic carbocycles. The van der Waals surface area contributed by atoms with Crippen LogP contribution in [-0.2, 0) is 14.3 Å². The van der Waals surface area contributed by atoms with Crippen molar-refractivity contribution in [1.29, 1.82) is 0 Å². The Bertz CT molecular complexity index is 573. The van der Waals surface area contributed by atoms with Crippen LogP contribution in [0, 0.1) is 0 Å². The average molecular weight is 322 g/mol. The predicted octanol–water partition coefficient (Wildman–Crippen LogP) is 0.575. The minimum atomic E-state index is -1.09. The molecule has 1 unspecified atom stereocenters. The van der Waals surface area contributed by atoms with E-state index < -0.39 is 29.8 Å². The maximum Gasteiger partial charge on any atom is 0.407 e. The summed E-state index contributed by atoms with van der Waals surface area (Å²) >= 11 is 0. The van der Waals surface area contributed by atoms with Gasteiger partial charge in [0.1, 0.15) is 6.61 Å². The van der Waals surface area contributed by atoms with Crippen LogP contribution >= 0.6 is 0 Å². The lowest BCUT2D eigenvalue weighted by molar-refractivity contribution is -0.137. The highest BCUT2D eigenvalue weighted by Gasteiger charge is 2.17. The van der Waals surface area contributed by atoms with Gasteiger partial charge in [0, 0.05) is 5.56 Å². The maximum absolute atomic E-state index is 11.9. The smallest absolute Gasteiger partial charge is 0.407 e. The Morgan fingerprint density at radius 1 is 1.17 bits per heavy atom. The highest BCUT2D eigenvalue weighted by Crippen LogP contribution is 1.99. The van der Waals surface area contributed by atoms with Crippen molar-refractivity contribution in [1.82, 2.24) is 10.6 Å². The first-order valence-electron chi connectivity index (χ1n) is 6.91. The van der Waals surface area contributed by atoms with Crippen molar-refractivity contribution in [2.24, 2.45) is 0 Å². The third kappa shape index (κ3) is 7.07. The van der Waals surface area contributed by atoms with E-state index in [0.717, 1.165) is 0 Å². The number of hydrogen-bond acceptors (Lipinski definition) is 5.